The Kier molecular flexibility index (Phi) is 4.55. The first kappa shape index (κ1) is 14.0. The SMILES string of the molecule is Cc1cc(NC(=O)CCN2CCC(C)C2CO)no1. The normalized spacial score (nSPS) is 23.7. The number of nitrogens with zero attached hydrogens (tertiary/aromatic N) is 2. The minimum absolute atomic E-state index is 0.0791. The summed E-state index contributed by atoms with van der Waals surface area (Å²) >= 11 is 0. The van der Waals surface area contributed by atoms with E-state index in [1.54, 1.807) is 13.0 Å². The Hall–Kier alpha value is -1.40. The summed E-state index contributed by atoms with van der Waals surface area (Å²) in [6.07, 6.45) is 1.48. The highest BCUT2D eigenvalue weighted by Crippen LogP contribution is 2.23. The molecule has 2 rings (SSSR count). The van der Waals surface area contributed by atoms with E-state index in [-0.39, 0.29) is 18.6 Å². The molecule has 106 valence electrons. The summed E-state index contributed by atoms with van der Waals surface area (Å²) in [7, 11) is 0. The molecule has 2 N–H and O–H groups in total. The maximum atomic E-state index is 11.8. The van der Waals surface area contributed by atoms with Gasteiger partial charge in [-0.25, -0.2) is 0 Å². The van der Waals surface area contributed by atoms with Gasteiger partial charge in [0.05, 0.1) is 6.61 Å². The molecule has 1 aromatic rings. The number of aliphatic hydroxyl groups excluding tert-OH is 1. The van der Waals surface area contributed by atoms with Crippen molar-refractivity contribution in [3.05, 3.63) is 11.8 Å². The lowest BCUT2D eigenvalue weighted by atomic mass is 10.0. The van der Waals surface area contributed by atoms with Crippen LogP contribution in [0, 0.1) is 12.8 Å². The number of hydrogen-bond acceptors (Lipinski definition) is 5. The third-order valence-corrected chi connectivity index (χ3v) is 3.71. The zero-order valence-electron chi connectivity index (χ0n) is 11.4. The average molecular weight is 267 g/mol. The van der Waals surface area contributed by atoms with Crippen LogP contribution in [-0.2, 0) is 4.79 Å². The summed E-state index contributed by atoms with van der Waals surface area (Å²) in [5, 5.41) is 15.8. The smallest absolute Gasteiger partial charge is 0.226 e. The van der Waals surface area contributed by atoms with Crippen LogP contribution >= 0.6 is 0 Å². The van der Waals surface area contributed by atoms with Crippen LogP contribution in [0.25, 0.3) is 0 Å². The second-order valence-corrected chi connectivity index (χ2v) is 5.17. The van der Waals surface area contributed by atoms with E-state index in [0.717, 1.165) is 13.0 Å². The maximum absolute atomic E-state index is 11.8. The summed E-state index contributed by atoms with van der Waals surface area (Å²) in [5.74, 6) is 1.54. The van der Waals surface area contributed by atoms with E-state index >= 15 is 0 Å². The van der Waals surface area contributed by atoms with Crippen molar-refractivity contribution in [3.8, 4) is 0 Å². The van der Waals surface area contributed by atoms with Crippen LogP contribution < -0.4 is 5.32 Å². The topological polar surface area (TPSA) is 78.6 Å². The van der Waals surface area contributed by atoms with Gasteiger partial charge in [-0.1, -0.05) is 12.1 Å². The molecule has 2 atom stereocenters. The van der Waals surface area contributed by atoms with Gasteiger partial charge in [0, 0.05) is 25.1 Å². The van der Waals surface area contributed by atoms with Crippen LogP contribution in [0.5, 0.6) is 0 Å². The summed E-state index contributed by atoms with van der Waals surface area (Å²) in [6.45, 7) is 5.69. The first-order valence-electron chi connectivity index (χ1n) is 6.68. The van der Waals surface area contributed by atoms with Crippen LogP contribution in [0.15, 0.2) is 10.6 Å². The molecule has 2 unspecified atom stereocenters. The average Bonchev–Trinajstić information content (AvgIpc) is 2.93. The van der Waals surface area contributed by atoms with Crippen LogP contribution in [-0.4, -0.2) is 46.8 Å². The van der Waals surface area contributed by atoms with Crippen molar-refractivity contribution >= 4 is 11.7 Å². The van der Waals surface area contributed by atoms with Gasteiger partial charge in [-0.3, -0.25) is 9.69 Å². The quantitative estimate of drug-likeness (QED) is 0.832. The Labute approximate surface area is 112 Å². The lowest BCUT2D eigenvalue weighted by Crippen LogP contribution is -2.37. The Morgan fingerprint density at radius 1 is 1.68 bits per heavy atom. The lowest BCUT2D eigenvalue weighted by Gasteiger charge is -2.24. The highest BCUT2D eigenvalue weighted by atomic mass is 16.5. The van der Waals surface area contributed by atoms with Gasteiger partial charge in [-0.15, -0.1) is 0 Å². The molecule has 0 spiro atoms. The van der Waals surface area contributed by atoms with Crippen molar-refractivity contribution in [1.82, 2.24) is 10.1 Å². The van der Waals surface area contributed by atoms with Gasteiger partial charge in [-0.05, 0) is 25.8 Å². The molecular formula is C13H21N3O3. The van der Waals surface area contributed by atoms with Gasteiger partial charge in [-0.2, -0.15) is 0 Å². The van der Waals surface area contributed by atoms with E-state index < -0.39 is 0 Å². The standard InChI is InChI=1S/C13H21N3O3/c1-9-3-5-16(11(9)8-17)6-4-13(18)14-12-7-10(2)19-15-12/h7,9,11,17H,3-6,8H2,1-2H3,(H,14,15,18). The predicted molar refractivity (Wildman–Crippen MR) is 70.7 cm³/mol. The molecule has 0 aromatic carbocycles. The fourth-order valence-corrected chi connectivity index (χ4v) is 2.54. The van der Waals surface area contributed by atoms with Crippen LogP contribution in [0.4, 0.5) is 5.82 Å². The van der Waals surface area contributed by atoms with Gasteiger partial charge in [0.1, 0.15) is 5.76 Å². The summed E-state index contributed by atoms with van der Waals surface area (Å²) in [4.78, 5) is 14.0. The molecule has 1 saturated heterocycles. The van der Waals surface area contributed by atoms with Crippen molar-refractivity contribution in [2.75, 3.05) is 25.0 Å². The molecular weight excluding hydrogens is 246 g/mol. The number of amides is 1. The van der Waals surface area contributed by atoms with E-state index in [9.17, 15) is 9.90 Å². The molecule has 6 heteroatoms. The van der Waals surface area contributed by atoms with E-state index in [0.29, 0.717) is 30.5 Å². The largest absolute Gasteiger partial charge is 0.395 e. The first-order valence-corrected chi connectivity index (χ1v) is 6.68. The first-order chi connectivity index (χ1) is 9.10. The molecule has 2 heterocycles. The summed E-state index contributed by atoms with van der Waals surface area (Å²) < 4.78 is 4.88. The number of carbonyl (C=O) groups excluding carboxylic acids is 1. The van der Waals surface area contributed by atoms with Gasteiger partial charge in [0.15, 0.2) is 5.82 Å². The highest BCUT2D eigenvalue weighted by molar-refractivity contribution is 5.89. The monoisotopic (exact) mass is 267 g/mol. The molecule has 0 aliphatic carbocycles. The molecule has 0 radical (unpaired) electrons. The third kappa shape index (κ3) is 3.54. The summed E-state index contributed by atoms with van der Waals surface area (Å²) in [5.41, 5.74) is 0. The number of carbonyl (C=O) groups is 1. The number of aryl methyl sites for hydroxylation is 1. The molecule has 6 nitrogen and oxygen atoms in total. The molecule has 1 aromatic heterocycles. The van der Waals surface area contributed by atoms with Crippen molar-refractivity contribution in [1.29, 1.82) is 0 Å². The second kappa shape index (κ2) is 6.16. The van der Waals surface area contributed by atoms with Gasteiger partial charge in [0.25, 0.3) is 0 Å². The van der Waals surface area contributed by atoms with E-state index in [1.807, 2.05) is 0 Å². The van der Waals surface area contributed by atoms with Crippen LogP contribution in [0.2, 0.25) is 0 Å². The fourth-order valence-electron chi connectivity index (χ4n) is 2.54. The second-order valence-electron chi connectivity index (χ2n) is 5.17. The van der Waals surface area contributed by atoms with Crippen molar-refractivity contribution < 1.29 is 14.4 Å². The molecule has 1 fully saturated rings. The predicted octanol–water partition coefficient (Wildman–Crippen LogP) is 1.01. The minimum Gasteiger partial charge on any atom is -0.395 e. The Balaban J connectivity index is 1.77. The number of anilines is 1. The van der Waals surface area contributed by atoms with Crippen LogP contribution in [0.1, 0.15) is 25.5 Å². The number of aromatic nitrogens is 1. The fraction of sp³-hybridized carbons (Fsp3) is 0.692. The highest BCUT2D eigenvalue weighted by Gasteiger charge is 2.30. The number of nitrogens with one attached hydrogen (secondary N) is 1. The Morgan fingerprint density at radius 2 is 2.47 bits per heavy atom. The van der Waals surface area contributed by atoms with Gasteiger partial charge in [0.2, 0.25) is 5.91 Å². The number of aliphatic hydroxyl groups is 1. The zero-order chi connectivity index (χ0) is 13.8. The number of hydrogen-bond donors (Lipinski definition) is 2. The molecule has 0 bridgehead atoms. The summed E-state index contributed by atoms with van der Waals surface area (Å²) in [6, 6.07) is 1.87. The molecule has 19 heavy (non-hydrogen) atoms. The zero-order valence-corrected chi connectivity index (χ0v) is 11.4. The van der Waals surface area contributed by atoms with Gasteiger partial charge < -0.3 is 14.9 Å². The molecule has 1 aliphatic heterocycles. The Bertz CT molecular complexity index is 433. The van der Waals surface area contributed by atoms with Crippen LogP contribution in [0.3, 0.4) is 0 Å². The molecule has 1 aliphatic rings. The Morgan fingerprint density at radius 3 is 3.11 bits per heavy atom. The van der Waals surface area contributed by atoms with E-state index in [1.165, 1.54) is 0 Å². The van der Waals surface area contributed by atoms with E-state index in [2.05, 4.69) is 22.3 Å². The maximum Gasteiger partial charge on any atom is 0.226 e. The van der Waals surface area contributed by atoms with Crippen molar-refractivity contribution in [3.63, 3.8) is 0 Å². The number of likely N-dealkylation sites (tertiary alicyclic amines) is 1. The van der Waals surface area contributed by atoms with Crippen molar-refractivity contribution in [2.24, 2.45) is 5.92 Å². The van der Waals surface area contributed by atoms with Crippen molar-refractivity contribution in [2.45, 2.75) is 32.7 Å². The van der Waals surface area contributed by atoms with Gasteiger partial charge >= 0.3 is 0 Å². The lowest BCUT2D eigenvalue weighted by molar-refractivity contribution is -0.116. The number of rotatable bonds is 5. The molecule has 1 amide bonds. The molecule has 0 saturated carbocycles. The minimum atomic E-state index is -0.0791. The van der Waals surface area contributed by atoms with E-state index in [4.69, 9.17) is 4.52 Å². The third-order valence-electron chi connectivity index (χ3n) is 3.71.